The Morgan fingerprint density at radius 3 is 2.38 bits per heavy atom. The van der Waals surface area contributed by atoms with Gasteiger partial charge >= 0.3 is 6.09 Å². The Kier molecular flexibility index (Phi) is 6.64. The largest absolute Gasteiger partial charge is 0.444 e. The number of halogens is 2. The van der Waals surface area contributed by atoms with Crippen LogP contribution >= 0.6 is 0 Å². The van der Waals surface area contributed by atoms with E-state index in [2.05, 4.69) is 13.0 Å². The van der Waals surface area contributed by atoms with Gasteiger partial charge in [0.1, 0.15) is 5.60 Å². The number of alkyl halides is 2. The maximum Gasteiger partial charge on any atom is 0.410 e. The van der Waals surface area contributed by atoms with Crippen LogP contribution in [0, 0.1) is 18.8 Å². The fourth-order valence-electron chi connectivity index (χ4n) is 5.45. The summed E-state index contributed by atoms with van der Waals surface area (Å²) in [5.74, 6) is -2.51. The molecule has 188 valence electrons. The van der Waals surface area contributed by atoms with Crippen LogP contribution in [-0.2, 0) is 4.74 Å². The fourth-order valence-corrected chi connectivity index (χ4v) is 5.45. The van der Waals surface area contributed by atoms with Crippen LogP contribution in [0.25, 0.3) is 5.65 Å². The van der Waals surface area contributed by atoms with Crippen molar-refractivity contribution in [3.63, 3.8) is 0 Å². The summed E-state index contributed by atoms with van der Waals surface area (Å²) in [6.45, 7) is 12.1. The van der Waals surface area contributed by atoms with E-state index in [1.165, 1.54) is 0 Å². The van der Waals surface area contributed by atoms with Gasteiger partial charge in [0.25, 0.3) is 0 Å². The molecular formula is C26H38F2N4O2. The number of carbonyl (C=O) groups is 1. The van der Waals surface area contributed by atoms with Crippen LogP contribution in [0.2, 0.25) is 0 Å². The number of aryl methyl sites for hydroxylation is 1. The van der Waals surface area contributed by atoms with E-state index in [0.717, 1.165) is 48.9 Å². The number of hydrogen-bond donors (Lipinski definition) is 0. The van der Waals surface area contributed by atoms with Gasteiger partial charge in [0.15, 0.2) is 5.65 Å². The Morgan fingerprint density at radius 1 is 1.09 bits per heavy atom. The maximum absolute atomic E-state index is 13.8. The number of likely N-dealkylation sites (tertiary alicyclic amines) is 1. The monoisotopic (exact) mass is 476 g/mol. The van der Waals surface area contributed by atoms with Crippen molar-refractivity contribution in [1.82, 2.24) is 19.5 Å². The summed E-state index contributed by atoms with van der Waals surface area (Å²) in [5.41, 5.74) is 3.14. The normalized spacial score (nSPS) is 26.6. The molecule has 2 aromatic heterocycles. The Bertz CT molecular complexity index is 1030. The maximum atomic E-state index is 13.8. The number of carbonyl (C=O) groups excluding carboxylic acids is 1. The number of hydrogen-bond acceptors (Lipinski definition) is 4. The van der Waals surface area contributed by atoms with Crippen LogP contribution in [0.15, 0.2) is 12.1 Å². The van der Waals surface area contributed by atoms with E-state index in [-0.39, 0.29) is 17.9 Å². The average Bonchev–Trinajstić information content (AvgIpc) is 3.15. The van der Waals surface area contributed by atoms with Gasteiger partial charge in [-0.15, -0.1) is 0 Å². The zero-order valence-corrected chi connectivity index (χ0v) is 21.3. The quantitative estimate of drug-likeness (QED) is 0.520. The van der Waals surface area contributed by atoms with Crippen LogP contribution < -0.4 is 0 Å². The number of aromatic nitrogens is 3. The summed E-state index contributed by atoms with van der Waals surface area (Å²) in [5, 5.41) is 4.94. The number of amides is 1. The standard InChI is InChI=1S/C26H38F2N4O2/c1-16-11-12-31(24(33)34-25(3,4)5)15-20(16)22-13-17(2)29-23-14-21(30-32(22)23)18-7-9-19(10-8-18)26(6,27)28/h13-14,16,18-20H,7-12,15H2,1-6H3/t16-,18?,19?,20+/m0/s1. The summed E-state index contributed by atoms with van der Waals surface area (Å²) < 4.78 is 35.1. The third kappa shape index (κ3) is 5.36. The summed E-state index contributed by atoms with van der Waals surface area (Å²) in [6.07, 6.45) is 3.09. The van der Waals surface area contributed by atoms with Gasteiger partial charge in [0.2, 0.25) is 5.92 Å². The predicted molar refractivity (Wildman–Crippen MR) is 127 cm³/mol. The van der Waals surface area contributed by atoms with E-state index in [4.69, 9.17) is 14.8 Å². The lowest BCUT2D eigenvalue weighted by Crippen LogP contribution is -2.45. The highest BCUT2D eigenvalue weighted by molar-refractivity contribution is 5.68. The SMILES string of the molecule is Cc1cc([C@@H]2CN(C(=O)OC(C)(C)C)CC[C@@H]2C)n2nc(C3CCC(C(C)(F)F)CC3)cc2n1. The number of fused-ring (bicyclic) bond motifs is 1. The molecule has 3 heterocycles. The molecule has 8 heteroatoms. The van der Waals surface area contributed by atoms with E-state index in [1.807, 2.05) is 38.3 Å². The second kappa shape index (κ2) is 9.08. The molecule has 34 heavy (non-hydrogen) atoms. The molecule has 1 amide bonds. The zero-order valence-electron chi connectivity index (χ0n) is 21.3. The first-order chi connectivity index (χ1) is 15.8. The van der Waals surface area contributed by atoms with Crippen molar-refractivity contribution >= 4 is 11.7 Å². The van der Waals surface area contributed by atoms with Gasteiger partial charge in [-0.25, -0.2) is 23.1 Å². The number of rotatable bonds is 3. The highest BCUT2D eigenvalue weighted by atomic mass is 19.3. The topological polar surface area (TPSA) is 59.7 Å². The van der Waals surface area contributed by atoms with Crippen LogP contribution in [0.5, 0.6) is 0 Å². The van der Waals surface area contributed by atoms with E-state index >= 15 is 0 Å². The van der Waals surface area contributed by atoms with Crippen molar-refractivity contribution in [2.24, 2.45) is 11.8 Å². The molecule has 0 radical (unpaired) electrons. The van der Waals surface area contributed by atoms with Gasteiger partial charge in [-0.2, -0.15) is 5.10 Å². The Hall–Kier alpha value is -2.25. The summed E-state index contributed by atoms with van der Waals surface area (Å²) >= 11 is 0. The molecule has 2 aliphatic rings. The molecule has 6 nitrogen and oxygen atoms in total. The third-order valence-electron chi connectivity index (χ3n) is 7.45. The fraction of sp³-hybridized carbons (Fsp3) is 0.731. The molecule has 4 rings (SSSR count). The predicted octanol–water partition coefficient (Wildman–Crippen LogP) is 6.33. The molecule has 0 spiro atoms. The van der Waals surface area contributed by atoms with Gasteiger partial charge in [-0.3, -0.25) is 0 Å². The minimum Gasteiger partial charge on any atom is -0.444 e. The highest BCUT2D eigenvalue weighted by Crippen LogP contribution is 2.42. The second-order valence-electron chi connectivity index (χ2n) is 11.5. The summed E-state index contributed by atoms with van der Waals surface area (Å²) in [4.78, 5) is 19.3. The molecule has 1 aliphatic carbocycles. The van der Waals surface area contributed by atoms with E-state index in [9.17, 15) is 13.6 Å². The lowest BCUT2D eigenvalue weighted by molar-refractivity contribution is -0.0547. The summed E-state index contributed by atoms with van der Waals surface area (Å²) in [6, 6.07) is 4.09. The molecule has 1 saturated heterocycles. The molecular weight excluding hydrogens is 438 g/mol. The first kappa shape index (κ1) is 24.9. The molecule has 1 saturated carbocycles. The molecule has 2 fully saturated rings. The Balaban J connectivity index is 1.59. The van der Waals surface area contributed by atoms with Crippen molar-refractivity contribution in [3.8, 4) is 0 Å². The number of nitrogens with zero attached hydrogens (tertiary/aromatic N) is 4. The highest BCUT2D eigenvalue weighted by Gasteiger charge is 2.38. The second-order valence-corrected chi connectivity index (χ2v) is 11.5. The van der Waals surface area contributed by atoms with Crippen LogP contribution in [0.3, 0.4) is 0 Å². The van der Waals surface area contributed by atoms with Gasteiger partial charge in [0.05, 0.1) is 11.4 Å². The molecule has 2 atom stereocenters. The average molecular weight is 477 g/mol. The Morgan fingerprint density at radius 2 is 1.76 bits per heavy atom. The minimum absolute atomic E-state index is 0.104. The van der Waals surface area contributed by atoms with Crippen molar-refractivity contribution in [1.29, 1.82) is 0 Å². The van der Waals surface area contributed by atoms with Crippen molar-refractivity contribution in [2.45, 2.75) is 97.0 Å². The number of piperidine rings is 1. The molecule has 2 aromatic rings. The first-order valence-electron chi connectivity index (χ1n) is 12.5. The van der Waals surface area contributed by atoms with E-state index in [0.29, 0.717) is 31.8 Å². The van der Waals surface area contributed by atoms with Gasteiger partial charge in [-0.1, -0.05) is 6.92 Å². The molecule has 0 unspecified atom stereocenters. The minimum atomic E-state index is -2.62. The Labute approximate surface area is 201 Å². The molecule has 0 bridgehead atoms. The molecule has 0 aromatic carbocycles. The molecule has 0 N–H and O–H groups in total. The zero-order chi connectivity index (χ0) is 24.8. The lowest BCUT2D eigenvalue weighted by atomic mass is 9.78. The van der Waals surface area contributed by atoms with Gasteiger partial charge < -0.3 is 9.64 Å². The van der Waals surface area contributed by atoms with Gasteiger partial charge in [0, 0.05) is 42.6 Å². The van der Waals surface area contributed by atoms with E-state index < -0.39 is 17.4 Å². The van der Waals surface area contributed by atoms with Crippen molar-refractivity contribution in [3.05, 3.63) is 29.2 Å². The van der Waals surface area contributed by atoms with Crippen molar-refractivity contribution in [2.75, 3.05) is 13.1 Å². The van der Waals surface area contributed by atoms with Crippen LogP contribution in [0.4, 0.5) is 13.6 Å². The van der Waals surface area contributed by atoms with Gasteiger partial charge in [-0.05, 0) is 78.7 Å². The van der Waals surface area contributed by atoms with E-state index in [1.54, 1.807) is 4.90 Å². The van der Waals surface area contributed by atoms with Crippen LogP contribution in [-0.4, -0.2) is 50.2 Å². The first-order valence-corrected chi connectivity index (χ1v) is 12.5. The van der Waals surface area contributed by atoms with Crippen molar-refractivity contribution < 1.29 is 18.3 Å². The van der Waals surface area contributed by atoms with Crippen LogP contribution in [0.1, 0.15) is 95.6 Å². The number of ether oxygens (including phenoxy) is 1. The third-order valence-corrected chi connectivity index (χ3v) is 7.45. The summed E-state index contributed by atoms with van der Waals surface area (Å²) in [7, 11) is 0. The lowest BCUT2D eigenvalue weighted by Gasteiger charge is -2.38. The smallest absolute Gasteiger partial charge is 0.410 e. The molecule has 1 aliphatic heterocycles.